The first-order valence-corrected chi connectivity index (χ1v) is 6.09. The molecule has 2 nitrogen and oxygen atoms in total. The Morgan fingerprint density at radius 3 is 2.50 bits per heavy atom. The number of carbonyl (C=O) groups is 1. The van der Waals surface area contributed by atoms with Gasteiger partial charge in [0.05, 0.1) is 17.7 Å². The van der Waals surface area contributed by atoms with Gasteiger partial charge in [0.15, 0.2) is 5.78 Å². The van der Waals surface area contributed by atoms with Gasteiger partial charge >= 0.3 is 0 Å². The van der Waals surface area contributed by atoms with Gasteiger partial charge in [-0.2, -0.15) is 0 Å². The Labute approximate surface area is 103 Å². The van der Waals surface area contributed by atoms with E-state index in [0.29, 0.717) is 19.6 Å². The molecule has 0 saturated carbocycles. The summed E-state index contributed by atoms with van der Waals surface area (Å²) in [6, 6.07) is 10.0. The minimum absolute atomic E-state index is 0.193. The monoisotopic (exact) mass is 280 g/mol. The SMILES string of the molecule is O=C1CCC(COCc2ccccc2)=C1Br. The van der Waals surface area contributed by atoms with Gasteiger partial charge in [-0.15, -0.1) is 0 Å². The highest BCUT2D eigenvalue weighted by Gasteiger charge is 2.20. The topological polar surface area (TPSA) is 26.3 Å². The molecule has 1 aromatic carbocycles. The van der Waals surface area contributed by atoms with Crippen molar-refractivity contribution in [2.45, 2.75) is 19.4 Å². The first kappa shape index (κ1) is 11.6. The summed E-state index contributed by atoms with van der Waals surface area (Å²) in [4.78, 5) is 11.3. The molecule has 0 saturated heterocycles. The number of Topliss-reactive ketones (excluding diaryl/α,β-unsaturated/α-hetero) is 1. The normalized spacial score (nSPS) is 15.9. The Morgan fingerprint density at radius 2 is 1.88 bits per heavy atom. The van der Waals surface area contributed by atoms with Crippen LogP contribution in [0, 0.1) is 0 Å². The molecule has 16 heavy (non-hydrogen) atoms. The molecule has 0 amide bonds. The van der Waals surface area contributed by atoms with E-state index in [1.54, 1.807) is 0 Å². The number of hydrogen-bond donors (Lipinski definition) is 0. The van der Waals surface area contributed by atoms with Crippen LogP contribution in [0.4, 0.5) is 0 Å². The van der Waals surface area contributed by atoms with Gasteiger partial charge in [-0.1, -0.05) is 30.3 Å². The second-order valence-electron chi connectivity index (χ2n) is 3.82. The Morgan fingerprint density at radius 1 is 1.12 bits per heavy atom. The van der Waals surface area contributed by atoms with Crippen molar-refractivity contribution in [2.75, 3.05) is 6.61 Å². The number of ether oxygens (including phenoxy) is 1. The minimum Gasteiger partial charge on any atom is -0.372 e. The Kier molecular flexibility index (Phi) is 3.91. The zero-order valence-corrected chi connectivity index (χ0v) is 10.5. The number of ketones is 1. The molecule has 2 rings (SSSR count). The molecular weight excluding hydrogens is 268 g/mol. The van der Waals surface area contributed by atoms with Crippen molar-refractivity contribution >= 4 is 21.7 Å². The number of allylic oxidation sites excluding steroid dienone is 1. The van der Waals surface area contributed by atoms with Crippen LogP contribution in [0.15, 0.2) is 40.4 Å². The molecule has 0 fully saturated rings. The van der Waals surface area contributed by atoms with Crippen molar-refractivity contribution < 1.29 is 9.53 Å². The van der Waals surface area contributed by atoms with E-state index in [-0.39, 0.29) is 5.78 Å². The van der Waals surface area contributed by atoms with E-state index in [4.69, 9.17) is 4.74 Å². The first-order chi connectivity index (χ1) is 7.77. The summed E-state index contributed by atoms with van der Waals surface area (Å²) < 4.78 is 6.31. The highest BCUT2D eigenvalue weighted by Crippen LogP contribution is 2.27. The molecule has 0 aliphatic heterocycles. The lowest BCUT2D eigenvalue weighted by Gasteiger charge is -2.05. The maximum atomic E-state index is 11.3. The van der Waals surface area contributed by atoms with Crippen LogP contribution in [-0.4, -0.2) is 12.4 Å². The molecule has 0 radical (unpaired) electrons. The lowest BCUT2D eigenvalue weighted by Crippen LogP contribution is -1.98. The van der Waals surface area contributed by atoms with E-state index in [9.17, 15) is 4.79 Å². The number of carbonyl (C=O) groups excluding carboxylic acids is 1. The third kappa shape index (κ3) is 2.80. The smallest absolute Gasteiger partial charge is 0.170 e. The molecule has 1 aliphatic rings. The molecule has 0 bridgehead atoms. The van der Waals surface area contributed by atoms with Gasteiger partial charge in [-0.25, -0.2) is 0 Å². The van der Waals surface area contributed by atoms with Gasteiger partial charge in [-0.3, -0.25) is 4.79 Å². The van der Waals surface area contributed by atoms with Gasteiger partial charge in [0.2, 0.25) is 0 Å². The van der Waals surface area contributed by atoms with Crippen molar-refractivity contribution in [1.29, 1.82) is 0 Å². The summed E-state index contributed by atoms with van der Waals surface area (Å²) in [7, 11) is 0. The summed E-state index contributed by atoms with van der Waals surface area (Å²) in [6.45, 7) is 1.14. The van der Waals surface area contributed by atoms with Crippen LogP contribution in [-0.2, 0) is 16.1 Å². The predicted octanol–water partition coefficient (Wildman–Crippen LogP) is 3.22. The molecule has 0 heterocycles. The van der Waals surface area contributed by atoms with Crippen LogP contribution in [0.5, 0.6) is 0 Å². The molecule has 0 atom stereocenters. The highest BCUT2D eigenvalue weighted by atomic mass is 79.9. The van der Waals surface area contributed by atoms with Crippen molar-refractivity contribution in [3.05, 3.63) is 46.0 Å². The fourth-order valence-corrected chi connectivity index (χ4v) is 2.19. The van der Waals surface area contributed by atoms with Gasteiger partial charge in [0.25, 0.3) is 0 Å². The van der Waals surface area contributed by atoms with Crippen LogP contribution in [0.25, 0.3) is 0 Å². The van der Waals surface area contributed by atoms with E-state index in [1.807, 2.05) is 30.3 Å². The Bertz CT molecular complexity index is 409. The fraction of sp³-hybridized carbons (Fsp3) is 0.308. The van der Waals surface area contributed by atoms with E-state index in [2.05, 4.69) is 15.9 Å². The molecular formula is C13H13BrO2. The van der Waals surface area contributed by atoms with Gasteiger partial charge in [0.1, 0.15) is 0 Å². The summed E-state index contributed by atoms with van der Waals surface area (Å²) >= 11 is 3.31. The maximum Gasteiger partial charge on any atom is 0.170 e. The molecule has 1 aromatic rings. The number of benzene rings is 1. The van der Waals surface area contributed by atoms with Gasteiger partial charge < -0.3 is 4.74 Å². The van der Waals surface area contributed by atoms with Crippen molar-refractivity contribution in [3.8, 4) is 0 Å². The third-order valence-electron chi connectivity index (χ3n) is 2.60. The molecule has 0 N–H and O–H groups in total. The van der Waals surface area contributed by atoms with Crippen LogP contribution in [0.3, 0.4) is 0 Å². The lowest BCUT2D eigenvalue weighted by molar-refractivity contribution is -0.114. The summed E-state index contributed by atoms with van der Waals surface area (Å²) in [5.74, 6) is 0.193. The molecule has 1 aliphatic carbocycles. The van der Waals surface area contributed by atoms with Gasteiger partial charge in [0, 0.05) is 6.42 Å². The van der Waals surface area contributed by atoms with E-state index >= 15 is 0 Å². The summed E-state index contributed by atoms with van der Waals surface area (Å²) in [6.07, 6.45) is 1.44. The average Bonchev–Trinajstić information content (AvgIpc) is 2.62. The zero-order valence-electron chi connectivity index (χ0n) is 8.91. The van der Waals surface area contributed by atoms with E-state index in [0.717, 1.165) is 22.0 Å². The lowest BCUT2D eigenvalue weighted by atomic mass is 10.2. The number of halogens is 1. The molecule has 0 aromatic heterocycles. The van der Waals surface area contributed by atoms with Crippen molar-refractivity contribution in [3.63, 3.8) is 0 Å². The number of hydrogen-bond acceptors (Lipinski definition) is 2. The van der Waals surface area contributed by atoms with E-state index in [1.165, 1.54) is 0 Å². The quantitative estimate of drug-likeness (QED) is 0.847. The largest absolute Gasteiger partial charge is 0.372 e. The fourth-order valence-electron chi connectivity index (χ4n) is 1.68. The Balaban J connectivity index is 1.83. The first-order valence-electron chi connectivity index (χ1n) is 5.30. The second kappa shape index (κ2) is 5.41. The van der Waals surface area contributed by atoms with Crippen molar-refractivity contribution in [1.82, 2.24) is 0 Å². The standard InChI is InChI=1S/C13H13BrO2/c14-13-11(6-7-12(13)15)9-16-8-10-4-2-1-3-5-10/h1-5H,6-9H2. The second-order valence-corrected chi connectivity index (χ2v) is 4.61. The third-order valence-corrected chi connectivity index (χ3v) is 3.60. The van der Waals surface area contributed by atoms with Gasteiger partial charge in [-0.05, 0) is 33.5 Å². The number of rotatable bonds is 4. The summed E-state index contributed by atoms with van der Waals surface area (Å²) in [5.41, 5.74) is 2.24. The maximum absolute atomic E-state index is 11.3. The van der Waals surface area contributed by atoms with Crippen molar-refractivity contribution in [2.24, 2.45) is 0 Å². The van der Waals surface area contributed by atoms with Crippen LogP contribution in [0.1, 0.15) is 18.4 Å². The summed E-state index contributed by atoms with van der Waals surface area (Å²) in [5, 5.41) is 0. The molecule has 0 unspecified atom stereocenters. The molecule has 84 valence electrons. The zero-order chi connectivity index (χ0) is 11.4. The van der Waals surface area contributed by atoms with E-state index < -0.39 is 0 Å². The van der Waals surface area contributed by atoms with Crippen LogP contribution < -0.4 is 0 Å². The average molecular weight is 281 g/mol. The predicted molar refractivity (Wildman–Crippen MR) is 66.3 cm³/mol. The highest BCUT2D eigenvalue weighted by molar-refractivity contribution is 9.12. The Hall–Kier alpha value is -0.930. The molecule has 3 heteroatoms. The molecule has 0 spiro atoms. The minimum atomic E-state index is 0.193. The van der Waals surface area contributed by atoms with Crippen LogP contribution in [0.2, 0.25) is 0 Å². The van der Waals surface area contributed by atoms with Crippen LogP contribution >= 0.6 is 15.9 Å².